The Bertz CT molecular complexity index is 780. The monoisotopic (exact) mass is 385 g/mol. The number of carbonyl (C=O) groups excluding carboxylic acids is 2. The molecule has 0 aliphatic carbocycles. The molecule has 6 nitrogen and oxygen atoms in total. The molecule has 2 aliphatic heterocycles. The van der Waals surface area contributed by atoms with E-state index in [2.05, 4.69) is 4.98 Å². The van der Waals surface area contributed by atoms with Gasteiger partial charge in [-0.15, -0.1) is 0 Å². The Morgan fingerprint density at radius 2 is 1.70 bits per heavy atom. The number of nitrogens with one attached hydrogen (secondary N) is 1. The van der Waals surface area contributed by atoms with Gasteiger partial charge in [0, 0.05) is 32.4 Å². The number of fused-ring (bicyclic) bond motifs is 1. The fraction of sp³-hybridized carbons (Fsp3) is 0.611. The van der Waals surface area contributed by atoms with Gasteiger partial charge in [-0.2, -0.15) is 13.2 Å². The van der Waals surface area contributed by atoms with Crippen LogP contribution in [-0.4, -0.2) is 52.4 Å². The number of alkyl halides is 3. The van der Waals surface area contributed by atoms with E-state index in [0.717, 1.165) is 30.6 Å². The summed E-state index contributed by atoms with van der Waals surface area (Å²) in [6, 6.07) is 0. The van der Waals surface area contributed by atoms with Gasteiger partial charge in [-0.3, -0.25) is 14.4 Å². The van der Waals surface area contributed by atoms with Crippen molar-refractivity contribution in [2.24, 2.45) is 0 Å². The molecular weight excluding hydrogens is 363 g/mol. The van der Waals surface area contributed by atoms with Crippen molar-refractivity contribution in [2.75, 3.05) is 19.6 Å². The molecule has 148 valence electrons. The van der Waals surface area contributed by atoms with Gasteiger partial charge in [0.25, 0.3) is 11.5 Å². The average molecular weight is 385 g/mol. The predicted octanol–water partition coefficient (Wildman–Crippen LogP) is 2.23. The molecule has 0 unspecified atom stereocenters. The second-order valence-electron chi connectivity index (χ2n) is 7.06. The molecule has 1 aromatic rings. The minimum absolute atomic E-state index is 0.0404. The Hall–Kier alpha value is -2.32. The SMILES string of the molecule is O=C(CC(F)(F)F)N1CCc2c(c[nH]c(=O)c2C(=O)N2CCCCCC2)C1. The third-order valence-corrected chi connectivity index (χ3v) is 5.10. The van der Waals surface area contributed by atoms with Gasteiger partial charge >= 0.3 is 6.18 Å². The van der Waals surface area contributed by atoms with Crippen LogP contribution in [0.3, 0.4) is 0 Å². The average Bonchev–Trinajstić information content (AvgIpc) is 2.88. The number of hydrogen-bond acceptors (Lipinski definition) is 3. The molecule has 1 N–H and O–H groups in total. The van der Waals surface area contributed by atoms with Crippen LogP contribution in [-0.2, 0) is 17.8 Å². The molecule has 2 aliphatic rings. The molecule has 3 heterocycles. The number of rotatable bonds is 2. The van der Waals surface area contributed by atoms with Gasteiger partial charge in [0.15, 0.2) is 0 Å². The molecule has 27 heavy (non-hydrogen) atoms. The van der Waals surface area contributed by atoms with E-state index in [1.54, 1.807) is 4.90 Å². The molecule has 1 fully saturated rings. The van der Waals surface area contributed by atoms with Crippen molar-refractivity contribution >= 4 is 11.8 Å². The molecule has 0 radical (unpaired) electrons. The first-order valence-corrected chi connectivity index (χ1v) is 9.13. The number of nitrogens with zero attached hydrogens (tertiary/aromatic N) is 2. The van der Waals surface area contributed by atoms with E-state index in [4.69, 9.17) is 0 Å². The fourth-order valence-electron chi connectivity index (χ4n) is 3.72. The van der Waals surface area contributed by atoms with Crippen LogP contribution in [0.15, 0.2) is 11.0 Å². The lowest BCUT2D eigenvalue weighted by molar-refractivity contribution is -0.162. The van der Waals surface area contributed by atoms with Crippen molar-refractivity contribution in [3.05, 3.63) is 33.2 Å². The maximum atomic E-state index is 12.9. The Morgan fingerprint density at radius 1 is 1.04 bits per heavy atom. The minimum atomic E-state index is -4.56. The molecular formula is C18H22F3N3O3. The molecule has 0 spiro atoms. The quantitative estimate of drug-likeness (QED) is 0.849. The molecule has 0 atom stereocenters. The molecule has 1 aromatic heterocycles. The van der Waals surface area contributed by atoms with Gasteiger partial charge in [-0.05, 0) is 30.4 Å². The number of H-pyrrole nitrogens is 1. The van der Waals surface area contributed by atoms with Crippen molar-refractivity contribution < 1.29 is 22.8 Å². The first-order chi connectivity index (χ1) is 12.8. The van der Waals surface area contributed by atoms with Crippen molar-refractivity contribution in [3.8, 4) is 0 Å². The number of hydrogen-bond donors (Lipinski definition) is 1. The van der Waals surface area contributed by atoms with Crippen molar-refractivity contribution in [1.82, 2.24) is 14.8 Å². The van der Waals surface area contributed by atoms with Gasteiger partial charge in [-0.1, -0.05) is 12.8 Å². The van der Waals surface area contributed by atoms with E-state index < -0.39 is 24.1 Å². The Morgan fingerprint density at radius 3 is 2.33 bits per heavy atom. The summed E-state index contributed by atoms with van der Waals surface area (Å²) in [5.74, 6) is -1.33. The number of aromatic nitrogens is 1. The lowest BCUT2D eigenvalue weighted by Crippen LogP contribution is -2.42. The summed E-state index contributed by atoms with van der Waals surface area (Å²) in [4.78, 5) is 42.4. The summed E-state index contributed by atoms with van der Waals surface area (Å²) in [5.41, 5.74) is 0.647. The minimum Gasteiger partial charge on any atom is -0.338 e. The number of halogens is 3. The summed E-state index contributed by atoms with van der Waals surface area (Å²) in [6.45, 7) is 1.21. The zero-order chi connectivity index (χ0) is 19.6. The first kappa shape index (κ1) is 19.4. The van der Waals surface area contributed by atoms with Crippen LogP contribution in [0, 0.1) is 0 Å². The first-order valence-electron chi connectivity index (χ1n) is 9.13. The van der Waals surface area contributed by atoms with E-state index in [1.807, 2.05) is 0 Å². The molecule has 3 rings (SSSR count). The summed E-state index contributed by atoms with van der Waals surface area (Å²) in [5, 5.41) is 0. The highest BCUT2D eigenvalue weighted by molar-refractivity contribution is 5.95. The molecule has 0 aromatic carbocycles. The summed E-state index contributed by atoms with van der Waals surface area (Å²) in [6.07, 6.45) is -0.618. The van der Waals surface area contributed by atoms with Crippen LogP contribution in [0.2, 0.25) is 0 Å². The molecule has 0 bridgehead atoms. The zero-order valence-electron chi connectivity index (χ0n) is 14.9. The molecule has 0 saturated carbocycles. The lowest BCUT2D eigenvalue weighted by Gasteiger charge is -2.30. The number of likely N-dealkylation sites (tertiary alicyclic amines) is 1. The second kappa shape index (κ2) is 7.74. The third kappa shape index (κ3) is 4.51. The Kier molecular flexibility index (Phi) is 5.57. The molecule has 2 amide bonds. The van der Waals surface area contributed by atoms with Crippen LogP contribution in [0.25, 0.3) is 0 Å². The topological polar surface area (TPSA) is 73.5 Å². The Labute approximate surface area is 154 Å². The van der Waals surface area contributed by atoms with E-state index >= 15 is 0 Å². The summed E-state index contributed by atoms with van der Waals surface area (Å²) >= 11 is 0. The van der Waals surface area contributed by atoms with Crippen LogP contribution in [0.4, 0.5) is 13.2 Å². The standard InChI is InChI=1S/C18H22F3N3O3/c19-18(20,21)9-14(25)24-8-5-13-12(11-24)10-22-16(26)15(13)17(27)23-6-3-1-2-4-7-23/h10H,1-9,11H2,(H,22,26). The highest BCUT2D eigenvalue weighted by Crippen LogP contribution is 2.25. The van der Waals surface area contributed by atoms with Crippen LogP contribution in [0.5, 0.6) is 0 Å². The van der Waals surface area contributed by atoms with Gasteiger partial charge < -0.3 is 14.8 Å². The van der Waals surface area contributed by atoms with Gasteiger partial charge in [-0.25, -0.2) is 0 Å². The lowest BCUT2D eigenvalue weighted by atomic mass is 9.95. The van der Waals surface area contributed by atoms with E-state index in [1.165, 1.54) is 6.20 Å². The van der Waals surface area contributed by atoms with Crippen molar-refractivity contribution in [3.63, 3.8) is 0 Å². The van der Waals surface area contributed by atoms with Gasteiger partial charge in [0.2, 0.25) is 5.91 Å². The third-order valence-electron chi connectivity index (χ3n) is 5.10. The normalized spacial score (nSPS) is 18.0. The number of amides is 2. The van der Waals surface area contributed by atoms with Gasteiger partial charge in [0.05, 0.1) is 0 Å². The zero-order valence-corrected chi connectivity index (χ0v) is 14.9. The summed E-state index contributed by atoms with van der Waals surface area (Å²) < 4.78 is 37.4. The highest BCUT2D eigenvalue weighted by Gasteiger charge is 2.35. The van der Waals surface area contributed by atoms with E-state index in [0.29, 0.717) is 24.2 Å². The number of aromatic amines is 1. The largest absolute Gasteiger partial charge is 0.397 e. The van der Waals surface area contributed by atoms with Crippen LogP contribution < -0.4 is 5.56 Å². The van der Waals surface area contributed by atoms with Crippen molar-refractivity contribution in [1.29, 1.82) is 0 Å². The molecule has 9 heteroatoms. The predicted molar refractivity (Wildman–Crippen MR) is 91.2 cm³/mol. The maximum absolute atomic E-state index is 12.9. The smallest absolute Gasteiger partial charge is 0.338 e. The van der Waals surface area contributed by atoms with E-state index in [-0.39, 0.29) is 31.0 Å². The number of carbonyl (C=O) groups is 2. The van der Waals surface area contributed by atoms with Crippen LogP contribution in [0.1, 0.15) is 53.6 Å². The maximum Gasteiger partial charge on any atom is 0.397 e. The molecule has 1 saturated heterocycles. The fourth-order valence-corrected chi connectivity index (χ4v) is 3.72. The number of pyridine rings is 1. The summed E-state index contributed by atoms with van der Waals surface area (Å²) in [7, 11) is 0. The highest BCUT2D eigenvalue weighted by atomic mass is 19.4. The Balaban J connectivity index is 1.83. The van der Waals surface area contributed by atoms with Crippen molar-refractivity contribution in [2.45, 2.75) is 51.2 Å². The van der Waals surface area contributed by atoms with Gasteiger partial charge in [0.1, 0.15) is 12.0 Å². The second-order valence-corrected chi connectivity index (χ2v) is 7.06. The van der Waals surface area contributed by atoms with Crippen LogP contribution >= 0.6 is 0 Å². The van der Waals surface area contributed by atoms with E-state index in [9.17, 15) is 27.6 Å².